The minimum Gasteiger partial charge on any atom is -0.494 e. The summed E-state index contributed by atoms with van der Waals surface area (Å²) in [5.74, 6) is 0.483. The summed E-state index contributed by atoms with van der Waals surface area (Å²) < 4.78 is 0. The van der Waals surface area contributed by atoms with Crippen molar-refractivity contribution in [2.24, 2.45) is 4.99 Å². The van der Waals surface area contributed by atoms with Crippen LogP contribution in [0.4, 0.5) is 11.6 Å². The number of benzene rings is 3. The summed E-state index contributed by atoms with van der Waals surface area (Å²) in [5.41, 5.74) is 11.4. The van der Waals surface area contributed by atoms with Crippen molar-refractivity contribution in [1.29, 1.82) is 0 Å². The monoisotopic (exact) mass is 393 g/mol. The number of fused-ring (bicyclic) bond motifs is 1. The maximum Gasteiger partial charge on any atom is 0.199 e. The largest absolute Gasteiger partial charge is 0.494 e. The molecule has 5 rings (SSSR count). The standard InChI is InChI=1S/C24H19N5O/c25-24-26-14-20(29-24)15-10-12-17(13-11-15)27-22(16-6-2-1-3-7-16)21-18-8-4-5-9-19(18)28-23(21)30/h1-14,28,30H,(H3,25,26,29). The first kappa shape index (κ1) is 17.8. The van der Waals surface area contributed by atoms with Crippen molar-refractivity contribution in [1.82, 2.24) is 15.0 Å². The molecule has 30 heavy (non-hydrogen) atoms. The Kier molecular flexibility index (Phi) is 4.29. The average molecular weight is 393 g/mol. The second-order valence-corrected chi connectivity index (χ2v) is 6.95. The van der Waals surface area contributed by atoms with E-state index in [4.69, 9.17) is 10.7 Å². The highest BCUT2D eigenvalue weighted by Crippen LogP contribution is 2.31. The van der Waals surface area contributed by atoms with Gasteiger partial charge in [0, 0.05) is 16.5 Å². The van der Waals surface area contributed by atoms with Gasteiger partial charge in [0.2, 0.25) is 0 Å². The van der Waals surface area contributed by atoms with Gasteiger partial charge in [-0.05, 0) is 23.8 Å². The van der Waals surface area contributed by atoms with Crippen LogP contribution >= 0.6 is 0 Å². The molecule has 0 aliphatic heterocycles. The molecule has 0 aliphatic rings. The molecule has 2 heterocycles. The number of imidazole rings is 1. The topological polar surface area (TPSA) is 103 Å². The smallest absolute Gasteiger partial charge is 0.199 e. The lowest BCUT2D eigenvalue weighted by Crippen LogP contribution is -2.02. The van der Waals surface area contributed by atoms with Crippen LogP contribution in [0.25, 0.3) is 22.2 Å². The van der Waals surface area contributed by atoms with Crippen molar-refractivity contribution >= 4 is 28.3 Å². The second kappa shape index (κ2) is 7.25. The highest BCUT2D eigenvalue weighted by molar-refractivity contribution is 6.21. The predicted molar refractivity (Wildman–Crippen MR) is 120 cm³/mol. The van der Waals surface area contributed by atoms with Gasteiger partial charge in [0.25, 0.3) is 0 Å². The summed E-state index contributed by atoms with van der Waals surface area (Å²) >= 11 is 0. The Morgan fingerprint density at radius 3 is 2.33 bits per heavy atom. The number of anilines is 1. The minimum absolute atomic E-state index is 0.100. The van der Waals surface area contributed by atoms with Crippen LogP contribution in [-0.2, 0) is 0 Å². The molecule has 0 aliphatic carbocycles. The molecule has 0 bridgehead atoms. The first-order valence-corrected chi connectivity index (χ1v) is 9.54. The summed E-state index contributed by atoms with van der Waals surface area (Å²) in [6, 6.07) is 25.4. The summed E-state index contributed by atoms with van der Waals surface area (Å²) in [4.78, 5) is 15.0. The van der Waals surface area contributed by atoms with Crippen LogP contribution in [0, 0.1) is 0 Å². The molecule has 5 aromatic rings. The van der Waals surface area contributed by atoms with E-state index >= 15 is 0 Å². The van der Waals surface area contributed by atoms with Gasteiger partial charge in [0.15, 0.2) is 11.8 Å². The maximum absolute atomic E-state index is 10.7. The summed E-state index contributed by atoms with van der Waals surface area (Å²) in [7, 11) is 0. The van der Waals surface area contributed by atoms with Gasteiger partial charge in [-0.2, -0.15) is 0 Å². The van der Waals surface area contributed by atoms with E-state index < -0.39 is 0 Å². The van der Waals surface area contributed by atoms with E-state index in [2.05, 4.69) is 15.0 Å². The van der Waals surface area contributed by atoms with Crippen molar-refractivity contribution in [2.45, 2.75) is 0 Å². The number of hydrogen-bond acceptors (Lipinski definition) is 4. The molecule has 0 saturated heterocycles. The lowest BCUT2D eigenvalue weighted by molar-refractivity contribution is 0.457. The van der Waals surface area contributed by atoms with Crippen LogP contribution in [0.2, 0.25) is 0 Å². The Hall–Kier alpha value is -4.32. The van der Waals surface area contributed by atoms with Crippen molar-refractivity contribution in [3.05, 3.63) is 96.2 Å². The number of nitrogen functional groups attached to an aromatic ring is 1. The molecule has 0 spiro atoms. The fourth-order valence-electron chi connectivity index (χ4n) is 3.56. The molecule has 0 amide bonds. The van der Waals surface area contributed by atoms with Gasteiger partial charge in [-0.3, -0.25) is 0 Å². The zero-order valence-corrected chi connectivity index (χ0v) is 16.0. The highest BCUT2D eigenvalue weighted by Gasteiger charge is 2.18. The zero-order valence-electron chi connectivity index (χ0n) is 16.0. The Morgan fingerprint density at radius 1 is 0.867 bits per heavy atom. The number of aromatic nitrogens is 3. The first-order chi connectivity index (χ1) is 14.7. The van der Waals surface area contributed by atoms with E-state index in [1.807, 2.05) is 78.9 Å². The fourth-order valence-corrected chi connectivity index (χ4v) is 3.56. The number of aliphatic imine (C=N–C) groups is 1. The Bertz CT molecular complexity index is 1350. The molecule has 0 unspecified atom stereocenters. The predicted octanol–water partition coefficient (Wildman–Crippen LogP) is 5.01. The van der Waals surface area contributed by atoms with Gasteiger partial charge in [-0.25, -0.2) is 9.98 Å². The lowest BCUT2D eigenvalue weighted by Gasteiger charge is -2.08. The van der Waals surface area contributed by atoms with Crippen LogP contribution in [0.15, 0.2) is 90.1 Å². The molecule has 5 N–H and O–H groups in total. The molecule has 146 valence electrons. The summed E-state index contributed by atoms with van der Waals surface area (Å²) in [5, 5.41) is 11.6. The molecule has 0 saturated carbocycles. The number of nitrogens with zero attached hydrogens (tertiary/aromatic N) is 2. The molecule has 0 radical (unpaired) electrons. The molecular formula is C24H19N5O. The molecule has 2 aromatic heterocycles. The Morgan fingerprint density at radius 2 is 1.60 bits per heavy atom. The first-order valence-electron chi connectivity index (χ1n) is 9.54. The van der Waals surface area contributed by atoms with Gasteiger partial charge in [-0.1, -0.05) is 60.7 Å². The summed E-state index contributed by atoms with van der Waals surface area (Å²) in [6.45, 7) is 0. The van der Waals surface area contributed by atoms with Crippen LogP contribution in [0.5, 0.6) is 5.88 Å². The third-order valence-corrected chi connectivity index (χ3v) is 4.98. The van der Waals surface area contributed by atoms with Crippen LogP contribution in [-0.4, -0.2) is 25.8 Å². The van der Waals surface area contributed by atoms with E-state index in [1.54, 1.807) is 6.20 Å². The zero-order chi connectivity index (χ0) is 20.5. The SMILES string of the molecule is Nc1ncc(-c2ccc(N=C(c3ccccc3)c3c(O)[nH]c4ccccc34)cc2)[nH]1. The number of para-hydroxylation sites is 1. The number of aromatic hydroxyl groups is 1. The highest BCUT2D eigenvalue weighted by atomic mass is 16.3. The molecule has 6 nitrogen and oxygen atoms in total. The maximum atomic E-state index is 10.7. The number of hydrogen-bond donors (Lipinski definition) is 4. The van der Waals surface area contributed by atoms with Crippen LogP contribution in [0.3, 0.4) is 0 Å². The van der Waals surface area contributed by atoms with Crippen molar-refractivity contribution in [2.75, 3.05) is 5.73 Å². The molecular weight excluding hydrogens is 374 g/mol. The number of nitrogens with one attached hydrogen (secondary N) is 2. The lowest BCUT2D eigenvalue weighted by atomic mass is 10.0. The third-order valence-electron chi connectivity index (χ3n) is 4.98. The van der Waals surface area contributed by atoms with E-state index in [0.29, 0.717) is 17.2 Å². The quantitative estimate of drug-likeness (QED) is 0.323. The fraction of sp³-hybridized carbons (Fsp3) is 0. The van der Waals surface area contributed by atoms with E-state index in [9.17, 15) is 5.11 Å². The Labute approximate surface area is 172 Å². The van der Waals surface area contributed by atoms with Crippen LogP contribution < -0.4 is 5.73 Å². The second-order valence-electron chi connectivity index (χ2n) is 6.95. The Balaban J connectivity index is 1.64. The number of rotatable bonds is 4. The van der Waals surface area contributed by atoms with Gasteiger partial charge in [0.1, 0.15) is 0 Å². The molecule has 0 fully saturated rings. The summed E-state index contributed by atoms with van der Waals surface area (Å²) in [6.07, 6.45) is 1.70. The van der Waals surface area contributed by atoms with Crippen molar-refractivity contribution < 1.29 is 5.11 Å². The van der Waals surface area contributed by atoms with Gasteiger partial charge in [-0.15, -0.1) is 0 Å². The number of nitrogens with two attached hydrogens (primary N) is 1. The van der Waals surface area contributed by atoms with E-state index in [0.717, 1.165) is 33.4 Å². The van der Waals surface area contributed by atoms with Gasteiger partial charge >= 0.3 is 0 Å². The normalized spacial score (nSPS) is 11.8. The molecule has 6 heteroatoms. The molecule has 0 atom stereocenters. The van der Waals surface area contributed by atoms with Crippen molar-refractivity contribution in [3.63, 3.8) is 0 Å². The number of aromatic amines is 2. The van der Waals surface area contributed by atoms with Crippen molar-refractivity contribution in [3.8, 4) is 17.1 Å². The van der Waals surface area contributed by atoms with Gasteiger partial charge in [0.05, 0.1) is 28.9 Å². The van der Waals surface area contributed by atoms with E-state index in [1.165, 1.54) is 0 Å². The third kappa shape index (κ3) is 3.20. The minimum atomic E-state index is 0.100. The number of H-pyrrole nitrogens is 2. The molecule has 3 aromatic carbocycles. The van der Waals surface area contributed by atoms with Gasteiger partial charge < -0.3 is 20.8 Å². The van der Waals surface area contributed by atoms with Crippen LogP contribution in [0.1, 0.15) is 11.1 Å². The van der Waals surface area contributed by atoms with E-state index in [-0.39, 0.29) is 5.88 Å². The average Bonchev–Trinajstić information content (AvgIpc) is 3.35.